The van der Waals surface area contributed by atoms with Crippen LogP contribution >= 0.6 is 23.2 Å². The first-order valence-electron chi connectivity index (χ1n) is 7.15. The lowest BCUT2D eigenvalue weighted by Gasteiger charge is -2.28. The molecule has 1 aliphatic heterocycles. The van der Waals surface area contributed by atoms with Crippen molar-refractivity contribution in [2.24, 2.45) is 0 Å². The topological polar surface area (TPSA) is 49.4 Å². The summed E-state index contributed by atoms with van der Waals surface area (Å²) in [6, 6.07) is 11.7. The lowest BCUT2D eigenvalue weighted by Crippen LogP contribution is -2.39. The van der Waals surface area contributed by atoms with Gasteiger partial charge in [-0.1, -0.05) is 35.3 Å². The number of carbonyl (C=O) groups excluding carboxylic acids is 2. The van der Waals surface area contributed by atoms with E-state index < -0.39 is 0 Å². The Morgan fingerprint density at radius 3 is 2.70 bits per heavy atom. The summed E-state index contributed by atoms with van der Waals surface area (Å²) in [5, 5.41) is 3.58. The molecule has 2 aromatic rings. The van der Waals surface area contributed by atoms with Crippen LogP contribution in [0.15, 0.2) is 42.5 Å². The number of amides is 2. The number of hydrogen-bond donors (Lipinski definition) is 1. The molecule has 1 N–H and O–H groups in total. The number of benzene rings is 2. The smallest absolute Gasteiger partial charge is 0.260 e. The number of anilines is 2. The summed E-state index contributed by atoms with van der Waals surface area (Å²) < 4.78 is 0. The summed E-state index contributed by atoms with van der Waals surface area (Å²) in [4.78, 5) is 26.6. The van der Waals surface area contributed by atoms with E-state index in [1.54, 1.807) is 29.2 Å². The van der Waals surface area contributed by atoms with Gasteiger partial charge in [-0.15, -0.1) is 0 Å². The van der Waals surface area contributed by atoms with Crippen LogP contribution in [0.2, 0.25) is 10.0 Å². The predicted molar refractivity (Wildman–Crippen MR) is 92.4 cm³/mol. The van der Waals surface area contributed by atoms with Gasteiger partial charge in [-0.2, -0.15) is 0 Å². The Balaban J connectivity index is 2.09. The van der Waals surface area contributed by atoms with Gasteiger partial charge in [-0.3, -0.25) is 9.59 Å². The van der Waals surface area contributed by atoms with E-state index in [2.05, 4.69) is 5.32 Å². The standard InChI is InChI=1S/C17H14Cl2N2O2/c1-10-8-16(22)20-14-4-2-3-5-15(14)21(10)17(23)12-7-6-11(18)9-13(12)19/h2-7,9-10H,8H2,1H3,(H,20,22). The SMILES string of the molecule is CC1CC(=O)Nc2ccccc2N1C(=O)c1ccc(Cl)cc1Cl. The monoisotopic (exact) mass is 348 g/mol. The predicted octanol–water partition coefficient (Wildman–Crippen LogP) is 4.37. The lowest BCUT2D eigenvalue weighted by atomic mass is 10.1. The molecule has 0 saturated carbocycles. The molecule has 0 fully saturated rings. The molecule has 4 nitrogen and oxygen atoms in total. The molecule has 3 rings (SSSR count). The molecule has 0 spiro atoms. The van der Waals surface area contributed by atoms with Crippen LogP contribution in [0.25, 0.3) is 0 Å². The molecule has 6 heteroatoms. The van der Waals surface area contributed by atoms with E-state index in [0.29, 0.717) is 22.0 Å². The highest BCUT2D eigenvalue weighted by Crippen LogP contribution is 2.33. The second-order valence-electron chi connectivity index (χ2n) is 5.42. The molecular weight excluding hydrogens is 335 g/mol. The Bertz CT molecular complexity index is 792. The minimum absolute atomic E-state index is 0.123. The van der Waals surface area contributed by atoms with E-state index in [9.17, 15) is 9.59 Å². The molecule has 0 radical (unpaired) electrons. The van der Waals surface area contributed by atoms with Gasteiger partial charge in [0.1, 0.15) is 0 Å². The average Bonchev–Trinajstić information content (AvgIpc) is 2.61. The average molecular weight is 349 g/mol. The molecule has 0 saturated heterocycles. The summed E-state index contributed by atoms with van der Waals surface area (Å²) >= 11 is 12.1. The van der Waals surface area contributed by atoms with Gasteiger partial charge < -0.3 is 10.2 Å². The van der Waals surface area contributed by atoms with E-state index in [1.807, 2.05) is 19.1 Å². The third-order valence-electron chi connectivity index (χ3n) is 3.74. The van der Waals surface area contributed by atoms with Crippen molar-refractivity contribution in [1.29, 1.82) is 0 Å². The Kier molecular flexibility index (Phi) is 4.28. The summed E-state index contributed by atoms with van der Waals surface area (Å²) in [5.41, 5.74) is 1.62. The van der Waals surface area contributed by atoms with Crippen LogP contribution in [0.4, 0.5) is 11.4 Å². The highest BCUT2D eigenvalue weighted by Gasteiger charge is 2.31. The molecule has 0 bridgehead atoms. The van der Waals surface area contributed by atoms with Crippen LogP contribution < -0.4 is 10.2 Å². The molecule has 1 heterocycles. The van der Waals surface area contributed by atoms with Crippen molar-refractivity contribution in [3.8, 4) is 0 Å². The molecule has 0 aliphatic carbocycles. The van der Waals surface area contributed by atoms with Crippen LogP contribution in [0.1, 0.15) is 23.7 Å². The summed E-state index contributed by atoms with van der Waals surface area (Å²) in [6.07, 6.45) is 0.214. The van der Waals surface area contributed by atoms with Crippen LogP contribution in [-0.2, 0) is 4.79 Å². The number of fused-ring (bicyclic) bond motifs is 1. The number of carbonyl (C=O) groups is 2. The number of nitrogens with zero attached hydrogens (tertiary/aromatic N) is 1. The Morgan fingerprint density at radius 2 is 1.96 bits per heavy atom. The molecule has 2 aromatic carbocycles. The van der Waals surface area contributed by atoms with Crippen LogP contribution in [0, 0.1) is 0 Å². The van der Waals surface area contributed by atoms with Gasteiger partial charge in [0.25, 0.3) is 5.91 Å². The number of hydrogen-bond acceptors (Lipinski definition) is 2. The van der Waals surface area contributed by atoms with Gasteiger partial charge in [0, 0.05) is 17.5 Å². The summed E-state index contributed by atoms with van der Waals surface area (Å²) in [7, 11) is 0. The molecular formula is C17H14Cl2N2O2. The van der Waals surface area contributed by atoms with Gasteiger partial charge in [0.05, 0.1) is 22.0 Å². The van der Waals surface area contributed by atoms with Crippen LogP contribution in [0.5, 0.6) is 0 Å². The molecule has 1 atom stereocenters. The normalized spacial score (nSPS) is 17.3. The molecule has 0 aromatic heterocycles. The fraction of sp³-hybridized carbons (Fsp3) is 0.176. The zero-order chi connectivity index (χ0) is 16.6. The van der Waals surface area contributed by atoms with Crippen molar-refractivity contribution >= 4 is 46.4 Å². The van der Waals surface area contributed by atoms with Crippen molar-refractivity contribution < 1.29 is 9.59 Å². The quantitative estimate of drug-likeness (QED) is 0.831. The molecule has 1 unspecified atom stereocenters. The highest BCUT2D eigenvalue weighted by molar-refractivity contribution is 6.37. The zero-order valence-electron chi connectivity index (χ0n) is 12.3. The van der Waals surface area contributed by atoms with E-state index in [-0.39, 0.29) is 29.3 Å². The third kappa shape index (κ3) is 3.05. The third-order valence-corrected chi connectivity index (χ3v) is 4.29. The Morgan fingerprint density at radius 1 is 1.22 bits per heavy atom. The molecule has 23 heavy (non-hydrogen) atoms. The molecule has 1 aliphatic rings. The minimum Gasteiger partial charge on any atom is -0.324 e. The van der Waals surface area contributed by atoms with E-state index >= 15 is 0 Å². The molecule has 118 valence electrons. The maximum atomic E-state index is 13.0. The van der Waals surface area contributed by atoms with Gasteiger partial charge >= 0.3 is 0 Å². The van der Waals surface area contributed by atoms with Crippen LogP contribution in [-0.4, -0.2) is 17.9 Å². The number of halogens is 2. The lowest BCUT2D eigenvalue weighted by molar-refractivity contribution is -0.116. The van der Waals surface area contributed by atoms with Crippen LogP contribution in [0.3, 0.4) is 0 Å². The van der Waals surface area contributed by atoms with Crippen molar-refractivity contribution in [3.63, 3.8) is 0 Å². The van der Waals surface area contributed by atoms with Gasteiger partial charge in [0.2, 0.25) is 5.91 Å². The van der Waals surface area contributed by atoms with Crippen molar-refractivity contribution in [1.82, 2.24) is 0 Å². The van der Waals surface area contributed by atoms with Gasteiger partial charge in [-0.25, -0.2) is 0 Å². The Labute approximate surface area is 144 Å². The Hall–Kier alpha value is -2.04. The van der Waals surface area contributed by atoms with Crippen molar-refractivity contribution in [3.05, 3.63) is 58.1 Å². The second kappa shape index (κ2) is 6.22. The second-order valence-corrected chi connectivity index (χ2v) is 6.26. The van der Waals surface area contributed by atoms with Gasteiger partial charge in [-0.05, 0) is 37.3 Å². The maximum Gasteiger partial charge on any atom is 0.260 e. The summed E-state index contributed by atoms with van der Waals surface area (Å²) in [5.74, 6) is -0.384. The van der Waals surface area contributed by atoms with E-state index in [4.69, 9.17) is 23.2 Å². The first-order valence-corrected chi connectivity index (χ1v) is 7.90. The van der Waals surface area contributed by atoms with Crippen molar-refractivity contribution in [2.45, 2.75) is 19.4 Å². The highest BCUT2D eigenvalue weighted by atomic mass is 35.5. The molecule has 2 amide bonds. The largest absolute Gasteiger partial charge is 0.324 e. The number of para-hydroxylation sites is 2. The minimum atomic E-state index is -0.294. The number of rotatable bonds is 1. The van der Waals surface area contributed by atoms with E-state index in [0.717, 1.165) is 0 Å². The zero-order valence-corrected chi connectivity index (χ0v) is 13.9. The summed E-state index contributed by atoms with van der Waals surface area (Å²) in [6.45, 7) is 1.84. The first-order chi connectivity index (χ1) is 11.0. The fourth-order valence-electron chi connectivity index (χ4n) is 2.69. The number of nitrogens with one attached hydrogen (secondary N) is 1. The van der Waals surface area contributed by atoms with Gasteiger partial charge in [0.15, 0.2) is 0 Å². The maximum absolute atomic E-state index is 13.0. The van der Waals surface area contributed by atoms with E-state index in [1.165, 1.54) is 6.07 Å². The first kappa shape index (κ1) is 15.8. The fourth-order valence-corrected chi connectivity index (χ4v) is 3.18. The van der Waals surface area contributed by atoms with Crippen molar-refractivity contribution in [2.75, 3.05) is 10.2 Å².